The summed E-state index contributed by atoms with van der Waals surface area (Å²) in [5, 5.41) is 0.861. The summed E-state index contributed by atoms with van der Waals surface area (Å²) in [4.78, 5) is 2.30. The lowest BCUT2D eigenvalue weighted by molar-refractivity contribution is -0.292. The van der Waals surface area contributed by atoms with Crippen molar-refractivity contribution >= 4 is 15.9 Å². The Morgan fingerprint density at radius 1 is 1.27 bits per heavy atom. The van der Waals surface area contributed by atoms with Gasteiger partial charge in [0.25, 0.3) is 0 Å². The van der Waals surface area contributed by atoms with Crippen LogP contribution in [0.2, 0.25) is 0 Å². The Morgan fingerprint density at radius 2 is 1.95 bits per heavy atom. The lowest BCUT2D eigenvalue weighted by atomic mass is 9.89. The fourth-order valence-electron chi connectivity index (χ4n) is 3.89. The van der Waals surface area contributed by atoms with Gasteiger partial charge < -0.3 is 9.47 Å². The highest BCUT2D eigenvalue weighted by atomic mass is 79.9. The van der Waals surface area contributed by atoms with Crippen molar-refractivity contribution in [2.45, 2.75) is 51.4 Å². The van der Waals surface area contributed by atoms with E-state index < -0.39 is 5.91 Å². The van der Waals surface area contributed by atoms with E-state index >= 15 is 0 Å². The van der Waals surface area contributed by atoms with Crippen LogP contribution in [0.3, 0.4) is 0 Å². The van der Waals surface area contributed by atoms with E-state index in [1.807, 2.05) is 6.07 Å². The molecule has 0 aliphatic carbocycles. The summed E-state index contributed by atoms with van der Waals surface area (Å²) in [6, 6.07) is 10.8. The van der Waals surface area contributed by atoms with Gasteiger partial charge in [-0.2, -0.15) is 0 Å². The van der Waals surface area contributed by atoms with E-state index in [2.05, 4.69) is 72.9 Å². The van der Waals surface area contributed by atoms with Crippen LogP contribution in [-0.2, 0) is 9.47 Å². The van der Waals surface area contributed by atoms with Gasteiger partial charge in [0.2, 0.25) is 5.91 Å². The van der Waals surface area contributed by atoms with Gasteiger partial charge in [0.15, 0.2) is 0 Å². The Labute approximate surface area is 142 Å². The maximum Gasteiger partial charge on any atom is 0.234 e. The molecule has 2 heterocycles. The predicted molar refractivity (Wildman–Crippen MR) is 91.8 cm³/mol. The zero-order valence-corrected chi connectivity index (χ0v) is 15.4. The van der Waals surface area contributed by atoms with Gasteiger partial charge in [-0.25, -0.2) is 4.90 Å². The number of benzene rings is 1. The van der Waals surface area contributed by atoms with Crippen molar-refractivity contribution in [1.29, 1.82) is 0 Å². The standard InChI is InChI=1S/C18H26BrNO2/c1-12(2)16-10-15(11-19)21-18(16)20(4)13(3)17(22-18)14-8-6-5-7-9-14/h5-9,12-13,15-17H,10-11H2,1-4H3/t13-,15+,16-,17+,18-/m0/s1. The Balaban J connectivity index is 1.93. The molecule has 1 aromatic rings. The zero-order valence-electron chi connectivity index (χ0n) is 13.8. The average molecular weight is 368 g/mol. The third-order valence-electron chi connectivity index (χ3n) is 5.26. The highest BCUT2D eigenvalue weighted by molar-refractivity contribution is 9.09. The Hall–Kier alpha value is -0.420. The second-order valence-corrected chi connectivity index (χ2v) is 7.56. The van der Waals surface area contributed by atoms with Crippen LogP contribution in [0.1, 0.15) is 38.9 Å². The van der Waals surface area contributed by atoms with Gasteiger partial charge in [0.1, 0.15) is 6.10 Å². The molecule has 5 atom stereocenters. The van der Waals surface area contributed by atoms with Crippen LogP contribution in [-0.4, -0.2) is 35.3 Å². The largest absolute Gasteiger partial charge is 0.333 e. The predicted octanol–water partition coefficient (Wildman–Crippen LogP) is 4.19. The number of hydrogen-bond acceptors (Lipinski definition) is 3. The minimum absolute atomic E-state index is 0.0570. The number of likely N-dealkylation sites (N-methyl/N-ethyl adjacent to an activating group) is 1. The van der Waals surface area contributed by atoms with E-state index in [-0.39, 0.29) is 18.2 Å². The summed E-state index contributed by atoms with van der Waals surface area (Å²) in [7, 11) is 2.14. The molecule has 3 nitrogen and oxygen atoms in total. The first-order valence-corrected chi connectivity index (χ1v) is 9.31. The molecule has 2 fully saturated rings. The quantitative estimate of drug-likeness (QED) is 0.747. The lowest BCUT2D eigenvalue weighted by Crippen LogP contribution is -2.51. The number of nitrogens with zero attached hydrogens (tertiary/aromatic N) is 1. The normalized spacial score (nSPS) is 39.2. The van der Waals surface area contributed by atoms with Gasteiger partial charge in [0.05, 0.1) is 6.10 Å². The van der Waals surface area contributed by atoms with Crippen LogP contribution in [0.25, 0.3) is 0 Å². The van der Waals surface area contributed by atoms with E-state index in [0.717, 1.165) is 11.8 Å². The van der Waals surface area contributed by atoms with Gasteiger partial charge in [-0.1, -0.05) is 60.1 Å². The molecule has 0 aromatic heterocycles. The molecule has 22 heavy (non-hydrogen) atoms. The monoisotopic (exact) mass is 367 g/mol. The second kappa shape index (κ2) is 6.23. The third-order valence-corrected chi connectivity index (χ3v) is 5.98. The summed E-state index contributed by atoms with van der Waals surface area (Å²) < 4.78 is 13.0. The van der Waals surface area contributed by atoms with Gasteiger partial charge in [-0.15, -0.1) is 0 Å². The maximum absolute atomic E-state index is 6.61. The molecule has 1 spiro atoms. The van der Waals surface area contributed by atoms with Crippen LogP contribution >= 0.6 is 15.9 Å². The summed E-state index contributed by atoms with van der Waals surface area (Å²) in [6.07, 6.45) is 1.32. The van der Waals surface area contributed by atoms with Crippen LogP contribution in [0.5, 0.6) is 0 Å². The molecule has 0 N–H and O–H groups in total. The molecule has 2 aliphatic heterocycles. The van der Waals surface area contributed by atoms with Crippen LogP contribution < -0.4 is 0 Å². The van der Waals surface area contributed by atoms with Crippen molar-refractivity contribution in [3.8, 4) is 0 Å². The van der Waals surface area contributed by atoms with E-state index in [4.69, 9.17) is 9.47 Å². The molecule has 0 amide bonds. The summed E-state index contributed by atoms with van der Waals surface area (Å²) >= 11 is 3.58. The van der Waals surface area contributed by atoms with Crippen molar-refractivity contribution in [3.63, 3.8) is 0 Å². The molecular weight excluding hydrogens is 342 g/mol. The molecule has 2 aliphatic rings. The van der Waals surface area contributed by atoms with Crippen LogP contribution in [0.15, 0.2) is 30.3 Å². The molecule has 0 saturated carbocycles. The second-order valence-electron chi connectivity index (χ2n) is 6.91. The molecule has 4 heteroatoms. The molecular formula is C18H26BrNO2. The van der Waals surface area contributed by atoms with E-state index in [9.17, 15) is 0 Å². The topological polar surface area (TPSA) is 21.7 Å². The summed E-state index contributed by atoms with van der Waals surface area (Å²) in [6.45, 7) is 6.77. The van der Waals surface area contributed by atoms with Crippen LogP contribution in [0.4, 0.5) is 0 Å². The molecule has 1 aromatic carbocycles. The highest BCUT2D eigenvalue weighted by Gasteiger charge is 2.60. The van der Waals surface area contributed by atoms with Gasteiger partial charge in [-0.3, -0.25) is 0 Å². The first-order chi connectivity index (χ1) is 10.5. The molecule has 3 rings (SSSR count). The first-order valence-electron chi connectivity index (χ1n) is 8.19. The molecule has 122 valence electrons. The number of hydrogen-bond donors (Lipinski definition) is 0. The van der Waals surface area contributed by atoms with E-state index in [0.29, 0.717) is 11.8 Å². The van der Waals surface area contributed by atoms with E-state index in [1.165, 1.54) is 5.56 Å². The number of rotatable bonds is 3. The Kier molecular flexibility index (Phi) is 4.66. The summed E-state index contributed by atoms with van der Waals surface area (Å²) in [5.41, 5.74) is 1.23. The highest BCUT2D eigenvalue weighted by Crippen LogP contribution is 2.52. The SMILES string of the molecule is CC(C)[C@@H]1C[C@H](CBr)O[C@]12O[C@@H](c1ccccc1)[C@H](C)N2C. The van der Waals surface area contributed by atoms with Gasteiger partial charge >= 0.3 is 0 Å². The molecule has 0 unspecified atom stereocenters. The minimum atomic E-state index is -0.591. The lowest BCUT2D eigenvalue weighted by Gasteiger charge is -2.38. The van der Waals surface area contributed by atoms with Gasteiger partial charge in [0, 0.05) is 17.3 Å². The molecule has 0 bridgehead atoms. The van der Waals surface area contributed by atoms with Crippen molar-refractivity contribution < 1.29 is 9.47 Å². The zero-order chi connectivity index (χ0) is 15.9. The smallest absolute Gasteiger partial charge is 0.234 e. The molecule has 2 saturated heterocycles. The third kappa shape index (κ3) is 2.54. The fraction of sp³-hybridized carbons (Fsp3) is 0.667. The summed E-state index contributed by atoms with van der Waals surface area (Å²) in [5.74, 6) is 0.316. The number of alkyl halides is 1. The van der Waals surface area contributed by atoms with Crippen molar-refractivity contribution in [2.75, 3.05) is 12.4 Å². The van der Waals surface area contributed by atoms with Crippen molar-refractivity contribution in [3.05, 3.63) is 35.9 Å². The van der Waals surface area contributed by atoms with Gasteiger partial charge in [-0.05, 0) is 31.9 Å². The van der Waals surface area contributed by atoms with E-state index in [1.54, 1.807) is 0 Å². The fourth-order valence-corrected chi connectivity index (χ4v) is 4.29. The number of ether oxygens (including phenoxy) is 2. The van der Waals surface area contributed by atoms with Crippen molar-refractivity contribution in [1.82, 2.24) is 4.90 Å². The number of halogens is 1. The maximum atomic E-state index is 6.61. The van der Waals surface area contributed by atoms with Crippen molar-refractivity contribution in [2.24, 2.45) is 11.8 Å². The molecule has 0 radical (unpaired) electrons. The Morgan fingerprint density at radius 3 is 2.55 bits per heavy atom. The Bertz CT molecular complexity index is 509. The van der Waals surface area contributed by atoms with Crippen LogP contribution in [0, 0.1) is 11.8 Å². The first kappa shape index (κ1) is 16.4. The average Bonchev–Trinajstić information content (AvgIpc) is 3.02. The minimum Gasteiger partial charge on any atom is -0.333 e.